The van der Waals surface area contributed by atoms with Gasteiger partial charge in [-0.05, 0) is 48.7 Å². The minimum atomic E-state index is -0.279. The maximum Gasteiger partial charge on any atom is 0.274 e. The molecular formula is C23H23N3O3. The van der Waals surface area contributed by atoms with E-state index in [1.807, 2.05) is 6.07 Å². The van der Waals surface area contributed by atoms with E-state index in [0.717, 1.165) is 17.8 Å². The third kappa shape index (κ3) is 4.16. The Morgan fingerprint density at radius 1 is 1.03 bits per heavy atom. The van der Waals surface area contributed by atoms with Gasteiger partial charge >= 0.3 is 0 Å². The number of carbonyl (C=O) groups excluding carboxylic acids is 1. The number of hydrogen-bond acceptors (Lipinski definition) is 5. The van der Waals surface area contributed by atoms with Gasteiger partial charge < -0.3 is 20.1 Å². The van der Waals surface area contributed by atoms with Crippen LogP contribution in [0.15, 0.2) is 54.7 Å². The Morgan fingerprint density at radius 2 is 1.83 bits per heavy atom. The highest BCUT2D eigenvalue weighted by Gasteiger charge is 2.14. The number of nitrogens with zero attached hydrogens (tertiary/aromatic N) is 1. The van der Waals surface area contributed by atoms with Crippen molar-refractivity contribution in [1.29, 1.82) is 0 Å². The maximum absolute atomic E-state index is 12.5. The van der Waals surface area contributed by atoms with E-state index in [9.17, 15) is 4.79 Å². The lowest BCUT2D eigenvalue weighted by atomic mass is 10.1. The van der Waals surface area contributed by atoms with Crippen LogP contribution < -0.4 is 20.1 Å². The zero-order valence-corrected chi connectivity index (χ0v) is 16.5. The molecule has 6 nitrogen and oxygen atoms in total. The molecule has 1 aliphatic heterocycles. The molecule has 0 radical (unpaired) electrons. The zero-order chi connectivity index (χ0) is 20.2. The highest BCUT2D eigenvalue weighted by atomic mass is 16.6. The molecule has 2 heterocycles. The number of benzene rings is 2. The number of hydrogen-bond donors (Lipinski definition) is 2. The van der Waals surface area contributed by atoms with Gasteiger partial charge in [0, 0.05) is 17.4 Å². The fourth-order valence-electron chi connectivity index (χ4n) is 3.26. The number of pyridine rings is 1. The highest BCUT2D eigenvalue weighted by molar-refractivity contribution is 6.03. The average Bonchev–Trinajstić information content (AvgIpc) is 2.75. The lowest BCUT2D eigenvalue weighted by Gasteiger charge is -2.19. The number of nitrogens with one attached hydrogen (secondary N) is 2. The van der Waals surface area contributed by atoms with E-state index in [0.29, 0.717) is 36.1 Å². The fourth-order valence-corrected chi connectivity index (χ4v) is 3.26. The molecule has 2 N–H and O–H groups in total. The molecule has 2 aromatic carbocycles. The SMILES string of the molecule is CCc1cccc(C)c1Nc1ccc(C(=O)Nc2ccc3c(c2)OCCO3)nc1. The first-order valence-electron chi connectivity index (χ1n) is 9.66. The fraction of sp³-hybridized carbons (Fsp3) is 0.217. The van der Waals surface area contributed by atoms with E-state index in [1.165, 1.54) is 11.1 Å². The summed E-state index contributed by atoms with van der Waals surface area (Å²) in [6, 6.07) is 15.1. The van der Waals surface area contributed by atoms with E-state index in [-0.39, 0.29) is 5.91 Å². The van der Waals surface area contributed by atoms with Crippen LogP contribution in [0.1, 0.15) is 28.5 Å². The van der Waals surface area contributed by atoms with Gasteiger partial charge in [0.15, 0.2) is 11.5 Å². The smallest absolute Gasteiger partial charge is 0.274 e. The first-order chi connectivity index (χ1) is 14.1. The molecule has 0 fully saturated rings. The Kier molecular flexibility index (Phi) is 5.33. The van der Waals surface area contributed by atoms with Crippen LogP contribution in [0.4, 0.5) is 17.1 Å². The van der Waals surface area contributed by atoms with Gasteiger partial charge in [-0.3, -0.25) is 4.79 Å². The normalized spacial score (nSPS) is 12.3. The Hall–Kier alpha value is -3.54. The summed E-state index contributed by atoms with van der Waals surface area (Å²) in [6.45, 7) is 5.24. The molecule has 6 heteroatoms. The Balaban J connectivity index is 1.46. The van der Waals surface area contributed by atoms with Crippen LogP contribution in [0.2, 0.25) is 0 Å². The second-order valence-corrected chi connectivity index (χ2v) is 6.83. The third-order valence-electron chi connectivity index (χ3n) is 4.81. The highest BCUT2D eigenvalue weighted by Crippen LogP contribution is 2.32. The number of ether oxygens (including phenoxy) is 2. The Bertz CT molecular complexity index is 1030. The maximum atomic E-state index is 12.5. The number of aromatic nitrogens is 1. The van der Waals surface area contributed by atoms with Gasteiger partial charge in [0.2, 0.25) is 0 Å². The van der Waals surface area contributed by atoms with Crippen LogP contribution in [0, 0.1) is 6.92 Å². The molecule has 0 spiro atoms. The van der Waals surface area contributed by atoms with Crippen LogP contribution >= 0.6 is 0 Å². The number of anilines is 3. The number of fused-ring (bicyclic) bond motifs is 1. The molecule has 1 amide bonds. The summed E-state index contributed by atoms with van der Waals surface area (Å²) >= 11 is 0. The Morgan fingerprint density at radius 3 is 2.59 bits per heavy atom. The summed E-state index contributed by atoms with van der Waals surface area (Å²) in [7, 11) is 0. The summed E-state index contributed by atoms with van der Waals surface area (Å²) in [4.78, 5) is 16.9. The number of carbonyl (C=O) groups is 1. The van der Waals surface area contributed by atoms with Crippen LogP contribution in [-0.4, -0.2) is 24.1 Å². The number of amides is 1. The van der Waals surface area contributed by atoms with Gasteiger partial charge in [0.05, 0.1) is 11.9 Å². The van der Waals surface area contributed by atoms with Crippen molar-refractivity contribution in [2.24, 2.45) is 0 Å². The largest absolute Gasteiger partial charge is 0.486 e. The summed E-state index contributed by atoms with van der Waals surface area (Å²) in [5, 5.41) is 6.26. The minimum absolute atomic E-state index is 0.279. The van der Waals surface area contributed by atoms with Crippen LogP contribution in [-0.2, 0) is 6.42 Å². The predicted molar refractivity (Wildman–Crippen MR) is 113 cm³/mol. The van der Waals surface area contributed by atoms with E-state index in [2.05, 4.69) is 47.7 Å². The van der Waals surface area contributed by atoms with Crippen LogP contribution in [0.5, 0.6) is 11.5 Å². The lowest BCUT2D eigenvalue weighted by Crippen LogP contribution is -2.17. The van der Waals surface area contributed by atoms with E-state index in [4.69, 9.17) is 9.47 Å². The minimum Gasteiger partial charge on any atom is -0.486 e. The van der Waals surface area contributed by atoms with Gasteiger partial charge in [-0.2, -0.15) is 0 Å². The van der Waals surface area contributed by atoms with Gasteiger partial charge in [-0.15, -0.1) is 0 Å². The number of aryl methyl sites for hydroxylation is 2. The molecule has 3 aromatic rings. The first kappa shape index (κ1) is 18.8. The van der Waals surface area contributed by atoms with Crippen LogP contribution in [0.3, 0.4) is 0 Å². The molecule has 0 bridgehead atoms. The van der Waals surface area contributed by atoms with Crippen molar-refractivity contribution >= 4 is 23.0 Å². The second kappa shape index (κ2) is 8.22. The summed E-state index contributed by atoms with van der Waals surface area (Å²) in [5.41, 5.74) is 5.31. The quantitative estimate of drug-likeness (QED) is 0.661. The van der Waals surface area contributed by atoms with E-state index >= 15 is 0 Å². The van der Waals surface area contributed by atoms with Gasteiger partial charge in [-0.25, -0.2) is 4.98 Å². The molecule has 0 atom stereocenters. The summed E-state index contributed by atoms with van der Waals surface area (Å²) in [5.74, 6) is 1.04. The molecule has 0 saturated heterocycles. The van der Waals surface area contributed by atoms with Gasteiger partial charge in [-0.1, -0.05) is 25.1 Å². The summed E-state index contributed by atoms with van der Waals surface area (Å²) < 4.78 is 11.0. The van der Waals surface area contributed by atoms with Crippen molar-refractivity contribution < 1.29 is 14.3 Å². The molecule has 0 saturated carbocycles. The van der Waals surface area contributed by atoms with Crippen molar-refractivity contribution in [2.45, 2.75) is 20.3 Å². The van der Waals surface area contributed by atoms with Gasteiger partial charge in [0.25, 0.3) is 5.91 Å². The summed E-state index contributed by atoms with van der Waals surface area (Å²) in [6.07, 6.45) is 2.61. The molecule has 148 valence electrons. The lowest BCUT2D eigenvalue weighted by molar-refractivity contribution is 0.102. The van der Waals surface area contributed by atoms with Crippen molar-refractivity contribution in [3.05, 3.63) is 71.5 Å². The molecule has 0 aliphatic carbocycles. The number of para-hydroxylation sites is 1. The van der Waals surface area contributed by atoms with Crippen molar-refractivity contribution in [3.8, 4) is 11.5 Å². The standard InChI is InChI=1S/C23H23N3O3/c1-3-16-6-4-5-15(2)22(16)25-18-7-9-19(24-14-18)23(27)26-17-8-10-20-21(13-17)29-12-11-28-20/h4-10,13-14,25H,3,11-12H2,1-2H3,(H,26,27). The second-order valence-electron chi connectivity index (χ2n) is 6.83. The van der Waals surface area contributed by atoms with E-state index in [1.54, 1.807) is 30.5 Å². The molecule has 1 aromatic heterocycles. The van der Waals surface area contributed by atoms with Crippen LogP contribution in [0.25, 0.3) is 0 Å². The third-order valence-corrected chi connectivity index (χ3v) is 4.81. The zero-order valence-electron chi connectivity index (χ0n) is 16.5. The molecule has 1 aliphatic rings. The monoisotopic (exact) mass is 389 g/mol. The first-order valence-corrected chi connectivity index (χ1v) is 9.66. The van der Waals surface area contributed by atoms with Crippen molar-refractivity contribution in [2.75, 3.05) is 23.8 Å². The molecule has 0 unspecified atom stereocenters. The van der Waals surface area contributed by atoms with Gasteiger partial charge in [0.1, 0.15) is 18.9 Å². The molecule has 4 rings (SSSR count). The topological polar surface area (TPSA) is 72.5 Å². The Labute approximate surface area is 169 Å². The van der Waals surface area contributed by atoms with E-state index < -0.39 is 0 Å². The predicted octanol–water partition coefficient (Wildman–Crippen LogP) is 4.72. The van der Waals surface area contributed by atoms with Crippen molar-refractivity contribution in [1.82, 2.24) is 4.98 Å². The number of rotatable bonds is 5. The average molecular weight is 389 g/mol. The molecule has 29 heavy (non-hydrogen) atoms. The molecular weight excluding hydrogens is 366 g/mol. The van der Waals surface area contributed by atoms with Crippen molar-refractivity contribution in [3.63, 3.8) is 0 Å².